The molecular weight excluding hydrogens is 298 g/mol. The Kier molecular flexibility index (Phi) is 4.24. The predicted octanol–water partition coefficient (Wildman–Crippen LogP) is 2.37. The van der Waals surface area contributed by atoms with Crippen molar-refractivity contribution in [1.82, 2.24) is 4.31 Å². The molecule has 2 aromatic rings. The van der Waals surface area contributed by atoms with E-state index in [1.807, 2.05) is 0 Å². The molecule has 112 valence electrons. The molecule has 7 heteroatoms. The Balaban J connectivity index is 2.36. The maximum absolute atomic E-state index is 13.9. The Labute approximate surface area is 121 Å². The molecule has 0 radical (unpaired) electrons. The second kappa shape index (κ2) is 5.79. The van der Waals surface area contributed by atoms with Gasteiger partial charge in [0, 0.05) is 13.6 Å². The van der Waals surface area contributed by atoms with Crippen LogP contribution in [0.5, 0.6) is 0 Å². The number of nitrogen functional groups attached to an aromatic ring is 1. The Morgan fingerprint density at radius 2 is 1.71 bits per heavy atom. The third kappa shape index (κ3) is 3.03. The van der Waals surface area contributed by atoms with Crippen LogP contribution in [0, 0.1) is 11.6 Å². The lowest BCUT2D eigenvalue weighted by Crippen LogP contribution is -2.27. The van der Waals surface area contributed by atoms with Crippen molar-refractivity contribution in [3.63, 3.8) is 0 Å². The highest BCUT2D eigenvalue weighted by atomic mass is 32.2. The summed E-state index contributed by atoms with van der Waals surface area (Å²) in [4.78, 5) is -0.639. The third-order valence-electron chi connectivity index (χ3n) is 3.03. The van der Waals surface area contributed by atoms with E-state index in [0.717, 1.165) is 22.0 Å². The third-order valence-corrected chi connectivity index (χ3v) is 4.85. The molecule has 0 unspecified atom stereocenters. The monoisotopic (exact) mass is 312 g/mol. The standard InChI is InChI=1S/C14H14F2N2O2S/c1-18(9-10-5-3-2-4-6-10)21(19,20)12-8-7-11(15)14(17)13(12)16/h2-8H,9,17H2,1H3. The van der Waals surface area contributed by atoms with E-state index in [9.17, 15) is 17.2 Å². The van der Waals surface area contributed by atoms with Crippen molar-refractivity contribution in [3.8, 4) is 0 Å². The van der Waals surface area contributed by atoms with Gasteiger partial charge in [-0.15, -0.1) is 0 Å². The first-order chi connectivity index (χ1) is 9.84. The molecule has 0 amide bonds. The highest BCUT2D eigenvalue weighted by Gasteiger charge is 2.26. The molecule has 0 aliphatic heterocycles. The van der Waals surface area contributed by atoms with Crippen LogP contribution in [0.3, 0.4) is 0 Å². The van der Waals surface area contributed by atoms with Crippen LogP contribution in [0.1, 0.15) is 5.56 Å². The molecule has 0 atom stereocenters. The van der Waals surface area contributed by atoms with Crippen molar-refractivity contribution in [2.24, 2.45) is 0 Å². The summed E-state index contributed by atoms with van der Waals surface area (Å²) < 4.78 is 52.7. The molecule has 2 N–H and O–H groups in total. The van der Waals surface area contributed by atoms with Gasteiger partial charge in [-0.25, -0.2) is 17.2 Å². The summed E-state index contributed by atoms with van der Waals surface area (Å²) >= 11 is 0. The minimum absolute atomic E-state index is 0.0693. The Morgan fingerprint density at radius 1 is 1.10 bits per heavy atom. The van der Waals surface area contributed by atoms with Gasteiger partial charge in [-0.1, -0.05) is 30.3 Å². The molecular formula is C14H14F2N2O2S. The number of halogens is 2. The molecule has 4 nitrogen and oxygen atoms in total. The maximum Gasteiger partial charge on any atom is 0.246 e. The van der Waals surface area contributed by atoms with Gasteiger partial charge >= 0.3 is 0 Å². The van der Waals surface area contributed by atoms with E-state index >= 15 is 0 Å². The topological polar surface area (TPSA) is 63.4 Å². The lowest BCUT2D eigenvalue weighted by atomic mass is 10.2. The maximum atomic E-state index is 13.9. The molecule has 0 aliphatic rings. The van der Waals surface area contributed by atoms with Gasteiger partial charge in [0.2, 0.25) is 10.0 Å². The van der Waals surface area contributed by atoms with Gasteiger partial charge in [-0.3, -0.25) is 0 Å². The lowest BCUT2D eigenvalue weighted by molar-refractivity contribution is 0.459. The molecule has 0 heterocycles. The summed E-state index contributed by atoms with van der Waals surface area (Å²) in [6.07, 6.45) is 0. The molecule has 0 fully saturated rings. The van der Waals surface area contributed by atoms with E-state index in [0.29, 0.717) is 0 Å². The zero-order valence-corrected chi connectivity index (χ0v) is 12.1. The van der Waals surface area contributed by atoms with Crippen LogP contribution < -0.4 is 5.73 Å². The quantitative estimate of drug-likeness (QED) is 0.882. The molecule has 2 rings (SSSR count). The first kappa shape index (κ1) is 15.4. The van der Waals surface area contributed by atoms with Gasteiger partial charge in [0.05, 0.1) is 0 Å². The Bertz CT molecular complexity index is 749. The van der Waals surface area contributed by atoms with Crippen molar-refractivity contribution in [2.75, 3.05) is 12.8 Å². The molecule has 0 spiro atoms. The fourth-order valence-corrected chi connectivity index (χ4v) is 3.07. The summed E-state index contributed by atoms with van der Waals surface area (Å²) in [7, 11) is -2.77. The second-order valence-electron chi connectivity index (χ2n) is 4.52. The minimum atomic E-state index is -4.10. The van der Waals surface area contributed by atoms with Crippen LogP contribution in [0.15, 0.2) is 47.4 Å². The number of rotatable bonds is 4. The van der Waals surface area contributed by atoms with Crippen molar-refractivity contribution >= 4 is 15.7 Å². The zero-order chi connectivity index (χ0) is 15.6. The van der Waals surface area contributed by atoms with Gasteiger partial charge in [0.25, 0.3) is 0 Å². The van der Waals surface area contributed by atoms with Crippen molar-refractivity contribution < 1.29 is 17.2 Å². The fraction of sp³-hybridized carbons (Fsp3) is 0.143. The summed E-state index contributed by atoms with van der Waals surface area (Å²) in [6.45, 7) is 0.0693. The highest BCUT2D eigenvalue weighted by molar-refractivity contribution is 7.89. The number of nitrogens with two attached hydrogens (primary N) is 1. The first-order valence-corrected chi connectivity index (χ1v) is 7.52. The normalized spacial score (nSPS) is 11.8. The van der Waals surface area contributed by atoms with Gasteiger partial charge in [0.1, 0.15) is 16.4 Å². The molecule has 0 saturated carbocycles. The van der Waals surface area contributed by atoms with Gasteiger partial charge in [0.15, 0.2) is 5.82 Å². The molecule has 0 saturated heterocycles. The van der Waals surface area contributed by atoms with Crippen LogP contribution in [-0.4, -0.2) is 19.8 Å². The number of hydrogen-bond donors (Lipinski definition) is 1. The first-order valence-electron chi connectivity index (χ1n) is 6.08. The van der Waals surface area contributed by atoms with Crippen molar-refractivity contribution in [2.45, 2.75) is 11.4 Å². The molecule has 0 aliphatic carbocycles. The van der Waals surface area contributed by atoms with Crippen molar-refractivity contribution in [1.29, 1.82) is 0 Å². The largest absolute Gasteiger partial charge is 0.394 e. The van der Waals surface area contributed by atoms with Crippen LogP contribution >= 0.6 is 0 Å². The molecule has 0 bridgehead atoms. The highest BCUT2D eigenvalue weighted by Crippen LogP contribution is 2.25. The number of sulfonamides is 1. The molecule has 0 aromatic heterocycles. The second-order valence-corrected chi connectivity index (χ2v) is 6.53. The molecule has 2 aromatic carbocycles. The molecule has 21 heavy (non-hydrogen) atoms. The zero-order valence-electron chi connectivity index (χ0n) is 11.3. The minimum Gasteiger partial charge on any atom is -0.394 e. The van der Waals surface area contributed by atoms with Gasteiger partial charge < -0.3 is 5.73 Å². The Hall–Kier alpha value is -1.99. The predicted molar refractivity (Wildman–Crippen MR) is 75.9 cm³/mol. The summed E-state index contributed by atoms with van der Waals surface area (Å²) in [5.74, 6) is -2.26. The van der Waals surface area contributed by atoms with E-state index in [2.05, 4.69) is 0 Å². The van der Waals surface area contributed by atoms with E-state index < -0.39 is 32.2 Å². The van der Waals surface area contributed by atoms with Gasteiger partial charge in [-0.2, -0.15) is 4.31 Å². The summed E-state index contributed by atoms with van der Waals surface area (Å²) in [6, 6.07) is 10.6. The van der Waals surface area contributed by atoms with Crippen molar-refractivity contribution in [3.05, 3.63) is 59.7 Å². The van der Waals surface area contributed by atoms with E-state index in [1.165, 1.54) is 7.05 Å². The van der Waals surface area contributed by atoms with Crippen LogP contribution in [-0.2, 0) is 16.6 Å². The SMILES string of the molecule is CN(Cc1ccccc1)S(=O)(=O)c1ccc(F)c(N)c1F. The van der Waals surface area contributed by atoms with Crippen LogP contribution in [0.25, 0.3) is 0 Å². The van der Waals surface area contributed by atoms with Crippen LogP contribution in [0.4, 0.5) is 14.5 Å². The fourth-order valence-electron chi connectivity index (χ4n) is 1.84. The number of nitrogens with zero attached hydrogens (tertiary/aromatic N) is 1. The smallest absolute Gasteiger partial charge is 0.246 e. The van der Waals surface area contributed by atoms with Crippen LogP contribution in [0.2, 0.25) is 0 Å². The number of benzene rings is 2. The number of hydrogen-bond acceptors (Lipinski definition) is 3. The Morgan fingerprint density at radius 3 is 2.33 bits per heavy atom. The number of anilines is 1. The summed E-state index contributed by atoms with van der Waals surface area (Å²) in [5.41, 5.74) is 5.15. The summed E-state index contributed by atoms with van der Waals surface area (Å²) in [5, 5.41) is 0. The average molecular weight is 312 g/mol. The average Bonchev–Trinajstić information content (AvgIpc) is 2.45. The van der Waals surface area contributed by atoms with E-state index in [-0.39, 0.29) is 6.54 Å². The van der Waals surface area contributed by atoms with E-state index in [4.69, 9.17) is 5.73 Å². The van der Waals surface area contributed by atoms with E-state index in [1.54, 1.807) is 30.3 Å². The lowest BCUT2D eigenvalue weighted by Gasteiger charge is -2.18. The van der Waals surface area contributed by atoms with Gasteiger partial charge in [-0.05, 0) is 17.7 Å².